The minimum Gasteiger partial charge on any atom is -0.349 e. The van der Waals surface area contributed by atoms with Gasteiger partial charge in [0.2, 0.25) is 0 Å². The van der Waals surface area contributed by atoms with Crippen LogP contribution in [0.15, 0.2) is 65.8 Å². The third-order valence-corrected chi connectivity index (χ3v) is 3.06. The zero-order chi connectivity index (χ0) is 14.9. The van der Waals surface area contributed by atoms with Crippen LogP contribution in [0.4, 0.5) is 0 Å². The van der Waals surface area contributed by atoms with E-state index < -0.39 is 0 Å². The monoisotopic (exact) mass is 280 g/mol. The molecule has 5 nitrogen and oxygen atoms in total. The molecule has 0 radical (unpaired) electrons. The van der Waals surface area contributed by atoms with E-state index in [1.54, 1.807) is 12.1 Å². The van der Waals surface area contributed by atoms with Crippen LogP contribution in [0.25, 0.3) is 10.4 Å². The Morgan fingerprint density at radius 1 is 1.10 bits per heavy atom. The number of nitrogens with zero attached hydrogens (tertiary/aromatic N) is 3. The molecule has 1 atom stereocenters. The SMILES string of the molecule is [N-]=[N+]=NC[C@H](Cc1ccccc1)NC(=O)c1ccccc1. The molecule has 0 saturated carbocycles. The predicted octanol–water partition coefficient (Wildman–Crippen LogP) is 3.34. The molecule has 2 aromatic rings. The summed E-state index contributed by atoms with van der Waals surface area (Å²) in [7, 11) is 0. The normalized spacial score (nSPS) is 11.2. The summed E-state index contributed by atoms with van der Waals surface area (Å²) < 4.78 is 0. The van der Waals surface area contributed by atoms with Crippen LogP contribution >= 0.6 is 0 Å². The number of nitrogens with one attached hydrogen (secondary N) is 1. The van der Waals surface area contributed by atoms with Crippen molar-refractivity contribution in [2.24, 2.45) is 5.11 Å². The van der Waals surface area contributed by atoms with Crippen molar-refractivity contribution in [3.63, 3.8) is 0 Å². The smallest absolute Gasteiger partial charge is 0.251 e. The summed E-state index contributed by atoms with van der Waals surface area (Å²) in [6.07, 6.45) is 0.623. The second-order valence-corrected chi connectivity index (χ2v) is 4.64. The van der Waals surface area contributed by atoms with Gasteiger partial charge in [-0.25, -0.2) is 0 Å². The number of rotatable bonds is 6. The Bertz CT molecular complexity index is 621. The molecule has 2 rings (SSSR count). The number of hydrogen-bond acceptors (Lipinski definition) is 2. The van der Waals surface area contributed by atoms with E-state index in [2.05, 4.69) is 15.3 Å². The van der Waals surface area contributed by atoms with Crippen molar-refractivity contribution in [3.8, 4) is 0 Å². The zero-order valence-electron chi connectivity index (χ0n) is 11.5. The van der Waals surface area contributed by atoms with E-state index in [0.717, 1.165) is 5.56 Å². The van der Waals surface area contributed by atoms with Gasteiger partial charge in [-0.1, -0.05) is 53.6 Å². The lowest BCUT2D eigenvalue weighted by atomic mass is 10.1. The summed E-state index contributed by atoms with van der Waals surface area (Å²) in [5, 5.41) is 6.49. The summed E-state index contributed by atoms with van der Waals surface area (Å²) >= 11 is 0. The first-order valence-corrected chi connectivity index (χ1v) is 6.70. The molecule has 106 valence electrons. The fourth-order valence-electron chi connectivity index (χ4n) is 2.05. The van der Waals surface area contributed by atoms with Crippen molar-refractivity contribution >= 4 is 5.91 Å². The van der Waals surface area contributed by atoms with Crippen LogP contribution in [0.3, 0.4) is 0 Å². The van der Waals surface area contributed by atoms with Crippen molar-refractivity contribution in [2.75, 3.05) is 6.54 Å². The second-order valence-electron chi connectivity index (χ2n) is 4.64. The molecule has 2 aromatic carbocycles. The number of benzene rings is 2. The lowest BCUT2D eigenvalue weighted by Gasteiger charge is -2.17. The van der Waals surface area contributed by atoms with Crippen molar-refractivity contribution < 1.29 is 4.79 Å². The molecule has 0 aliphatic heterocycles. The summed E-state index contributed by atoms with van der Waals surface area (Å²) in [5.41, 5.74) is 10.2. The molecule has 0 aliphatic rings. The van der Waals surface area contributed by atoms with Gasteiger partial charge in [0.05, 0.1) is 0 Å². The van der Waals surface area contributed by atoms with Gasteiger partial charge in [0.25, 0.3) is 5.91 Å². The minimum atomic E-state index is -0.226. The maximum absolute atomic E-state index is 12.2. The van der Waals surface area contributed by atoms with Gasteiger partial charge < -0.3 is 5.32 Å². The third kappa shape index (κ3) is 4.67. The van der Waals surface area contributed by atoms with Crippen LogP contribution < -0.4 is 5.32 Å². The number of azide groups is 1. The highest BCUT2D eigenvalue weighted by molar-refractivity contribution is 5.94. The molecule has 0 unspecified atom stereocenters. The van der Waals surface area contributed by atoms with E-state index in [0.29, 0.717) is 12.0 Å². The Morgan fingerprint density at radius 2 is 1.71 bits per heavy atom. The van der Waals surface area contributed by atoms with Crippen molar-refractivity contribution in [3.05, 3.63) is 82.2 Å². The fourth-order valence-corrected chi connectivity index (χ4v) is 2.05. The Balaban J connectivity index is 2.06. The quantitative estimate of drug-likeness (QED) is 0.491. The fraction of sp³-hybridized carbons (Fsp3) is 0.188. The molecular formula is C16H16N4O. The van der Waals surface area contributed by atoms with Crippen molar-refractivity contribution in [1.82, 2.24) is 5.32 Å². The van der Waals surface area contributed by atoms with Gasteiger partial charge >= 0.3 is 0 Å². The molecule has 0 bridgehead atoms. The molecule has 0 saturated heterocycles. The van der Waals surface area contributed by atoms with Crippen LogP contribution in [-0.2, 0) is 6.42 Å². The maximum atomic E-state index is 12.2. The van der Waals surface area contributed by atoms with E-state index >= 15 is 0 Å². The van der Waals surface area contributed by atoms with Gasteiger partial charge in [0.1, 0.15) is 0 Å². The van der Waals surface area contributed by atoms with E-state index in [1.165, 1.54) is 0 Å². The molecule has 21 heavy (non-hydrogen) atoms. The maximum Gasteiger partial charge on any atom is 0.251 e. The van der Waals surface area contributed by atoms with Gasteiger partial charge in [0, 0.05) is 23.1 Å². The highest BCUT2D eigenvalue weighted by atomic mass is 16.1. The van der Waals surface area contributed by atoms with Gasteiger partial charge in [-0.3, -0.25) is 4.79 Å². The van der Waals surface area contributed by atoms with E-state index in [1.807, 2.05) is 48.5 Å². The first-order valence-electron chi connectivity index (χ1n) is 6.70. The van der Waals surface area contributed by atoms with Crippen LogP contribution in [0.1, 0.15) is 15.9 Å². The average Bonchev–Trinajstić information content (AvgIpc) is 2.54. The molecule has 0 heterocycles. The first kappa shape index (κ1) is 14.6. The van der Waals surface area contributed by atoms with E-state index in [-0.39, 0.29) is 18.5 Å². The lowest BCUT2D eigenvalue weighted by Crippen LogP contribution is -2.38. The Morgan fingerprint density at radius 3 is 2.33 bits per heavy atom. The largest absolute Gasteiger partial charge is 0.349 e. The standard InChI is InChI=1S/C16H16N4O/c17-20-18-12-15(11-13-7-3-1-4-8-13)19-16(21)14-9-5-2-6-10-14/h1-10,15H,11-12H2,(H,19,21)/t15-/m0/s1. The lowest BCUT2D eigenvalue weighted by molar-refractivity contribution is 0.0938. The van der Waals surface area contributed by atoms with E-state index in [9.17, 15) is 4.79 Å². The van der Waals surface area contributed by atoms with Crippen LogP contribution in [-0.4, -0.2) is 18.5 Å². The Hall–Kier alpha value is -2.78. The molecule has 1 N–H and O–H groups in total. The molecule has 0 aromatic heterocycles. The summed E-state index contributed by atoms with van der Waals surface area (Å²) in [5.74, 6) is -0.162. The van der Waals surface area contributed by atoms with Gasteiger partial charge in [-0.05, 0) is 29.6 Å². The van der Waals surface area contributed by atoms with Gasteiger partial charge in [0.15, 0.2) is 0 Å². The molecular weight excluding hydrogens is 264 g/mol. The first-order chi connectivity index (χ1) is 10.3. The molecule has 0 aliphatic carbocycles. The topological polar surface area (TPSA) is 77.9 Å². The Labute approximate surface area is 123 Å². The highest BCUT2D eigenvalue weighted by Crippen LogP contribution is 2.06. The summed E-state index contributed by atoms with van der Waals surface area (Å²) in [4.78, 5) is 14.9. The average molecular weight is 280 g/mol. The van der Waals surface area contributed by atoms with E-state index in [4.69, 9.17) is 5.53 Å². The predicted molar refractivity (Wildman–Crippen MR) is 81.9 cm³/mol. The summed E-state index contributed by atoms with van der Waals surface area (Å²) in [6.45, 7) is 0.226. The van der Waals surface area contributed by atoms with Crippen LogP contribution in [0, 0.1) is 0 Å². The second kappa shape index (κ2) is 7.72. The summed E-state index contributed by atoms with van der Waals surface area (Å²) in [6, 6.07) is 18.6. The third-order valence-electron chi connectivity index (χ3n) is 3.06. The molecule has 0 fully saturated rings. The highest BCUT2D eigenvalue weighted by Gasteiger charge is 2.13. The molecule has 1 amide bonds. The van der Waals surface area contributed by atoms with Crippen LogP contribution in [0.5, 0.6) is 0 Å². The Kier molecular flexibility index (Phi) is 5.38. The van der Waals surface area contributed by atoms with Gasteiger partial charge in [-0.2, -0.15) is 0 Å². The minimum absolute atomic E-state index is 0.162. The zero-order valence-corrected chi connectivity index (χ0v) is 11.5. The van der Waals surface area contributed by atoms with Crippen molar-refractivity contribution in [2.45, 2.75) is 12.5 Å². The number of amides is 1. The van der Waals surface area contributed by atoms with Gasteiger partial charge in [-0.15, -0.1) is 0 Å². The van der Waals surface area contributed by atoms with Crippen LogP contribution in [0.2, 0.25) is 0 Å². The number of hydrogen-bond donors (Lipinski definition) is 1. The van der Waals surface area contributed by atoms with Crippen molar-refractivity contribution in [1.29, 1.82) is 0 Å². The molecule has 5 heteroatoms. The molecule has 0 spiro atoms. The number of carbonyl (C=O) groups is 1. The number of carbonyl (C=O) groups excluding carboxylic acids is 1.